The van der Waals surface area contributed by atoms with Crippen LogP contribution in [-0.4, -0.2) is 51.3 Å². The van der Waals surface area contributed by atoms with Crippen molar-refractivity contribution < 1.29 is 0 Å². The second-order valence-corrected chi connectivity index (χ2v) is 6.98. The van der Waals surface area contributed by atoms with Gasteiger partial charge in [-0.05, 0) is 32.7 Å². The third kappa shape index (κ3) is 2.99. The smallest absolute Gasteiger partial charge is 0.131 e. The third-order valence-electron chi connectivity index (χ3n) is 5.13. The monoisotopic (exact) mass is 310 g/mol. The Morgan fingerprint density at radius 3 is 2.71 bits per heavy atom. The first-order chi connectivity index (χ1) is 10.1. The number of nitrogens with zero attached hydrogens (tertiary/aromatic N) is 4. The number of likely N-dealkylation sites (tertiary alicyclic amines) is 2. The van der Waals surface area contributed by atoms with Crippen molar-refractivity contribution in [2.75, 3.05) is 19.6 Å². The molecule has 0 aromatic carbocycles. The average molecular weight is 311 g/mol. The summed E-state index contributed by atoms with van der Waals surface area (Å²) in [5.74, 6) is 0. The van der Waals surface area contributed by atoms with E-state index in [1.165, 1.54) is 44.5 Å². The lowest BCUT2D eigenvalue weighted by atomic mass is 9.97. The highest BCUT2D eigenvalue weighted by molar-refractivity contribution is 6.30. The average Bonchev–Trinajstić information content (AvgIpc) is 2.70. The molecule has 2 aliphatic heterocycles. The molecule has 0 radical (unpaired) electrons. The SMILES string of the molecule is CCc1nn(C)c(Cl)c1CN1CC(N2CCCCC2C)C1. The summed E-state index contributed by atoms with van der Waals surface area (Å²) in [6, 6.07) is 1.51. The molecule has 4 nitrogen and oxygen atoms in total. The lowest BCUT2D eigenvalue weighted by Gasteiger charge is -2.49. The summed E-state index contributed by atoms with van der Waals surface area (Å²) < 4.78 is 1.81. The second-order valence-electron chi connectivity index (χ2n) is 6.62. The van der Waals surface area contributed by atoms with Gasteiger partial charge in [-0.3, -0.25) is 14.5 Å². The lowest BCUT2D eigenvalue weighted by Crippen LogP contribution is -2.61. The molecule has 0 N–H and O–H groups in total. The van der Waals surface area contributed by atoms with E-state index in [-0.39, 0.29) is 0 Å². The van der Waals surface area contributed by atoms with E-state index in [2.05, 4.69) is 28.7 Å². The van der Waals surface area contributed by atoms with Crippen LogP contribution in [0.15, 0.2) is 0 Å². The molecule has 0 spiro atoms. The van der Waals surface area contributed by atoms with Gasteiger partial charge in [-0.2, -0.15) is 5.10 Å². The Kier molecular flexibility index (Phi) is 4.57. The Balaban J connectivity index is 1.57. The van der Waals surface area contributed by atoms with Crippen LogP contribution >= 0.6 is 11.6 Å². The minimum Gasteiger partial charge on any atom is -0.296 e. The van der Waals surface area contributed by atoms with Gasteiger partial charge in [0.25, 0.3) is 0 Å². The zero-order chi connectivity index (χ0) is 15.0. The summed E-state index contributed by atoms with van der Waals surface area (Å²) >= 11 is 6.39. The first kappa shape index (κ1) is 15.3. The van der Waals surface area contributed by atoms with Crippen LogP contribution in [0.4, 0.5) is 0 Å². The van der Waals surface area contributed by atoms with Crippen molar-refractivity contribution in [2.45, 2.75) is 58.2 Å². The van der Waals surface area contributed by atoms with Crippen molar-refractivity contribution in [3.05, 3.63) is 16.4 Å². The van der Waals surface area contributed by atoms with Crippen molar-refractivity contribution in [3.8, 4) is 0 Å². The highest BCUT2D eigenvalue weighted by atomic mass is 35.5. The topological polar surface area (TPSA) is 24.3 Å². The van der Waals surface area contributed by atoms with Gasteiger partial charge >= 0.3 is 0 Å². The molecule has 0 bridgehead atoms. The highest BCUT2D eigenvalue weighted by Gasteiger charge is 2.35. The molecule has 21 heavy (non-hydrogen) atoms. The molecule has 2 aliphatic rings. The van der Waals surface area contributed by atoms with Crippen LogP contribution in [0.25, 0.3) is 0 Å². The van der Waals surface area contributed by atoms with Gasteiger partial charge < -0.3 is 0 Å². The molecule has 0 amide bonds. The van der Waals surface area contributed by atoms with Gasteiger partial charge in [-0.1, -0.05) is 24.9 Å². The number of piperidine rings is 1. The molecule has 118 valence electrons. The first-order valence-corrected chi connectivity index (χ1v) is 8.66. The van der Waals surface area contributed by atoms with E-state index in [0.29, 0.717) is 0 Å². The Bertz CT molecular complexity index is 493. The summed E-state index contributed by atoms with van der Waals surface area (Å²) in [6.45, 7) is 9.13. The molecule has 1 atom stereocenters. The fourth-order valence-electron chi connectivity index (χ4n) is 3.81. The van der Waals surface area contributed by atoms with E-state index < -0.39 is 0 Å². The number of aromatic nitrogens is 2. The van der Waals surface area contributed by atoms with Crippen molar-refractivity contribution >= 4 is 11.6 Å². The van der Waals surface area contributed by atoms with E-state index in [4.69, 9.17) is 11.6 Å². The second kappa shape index (κ2) is 6.27. The van der Waals surface area contributed by atoms with Crippen molar-refractivity contribution in [3.63, 3.8) is 0 Å². The molecule has 3 heterocycles. The molecular formula is C16H27ClN4. The fourth-order valence-corrected chi connectivity index (χ4v) is 4.01. The van der Waals surface area contributed by atoms with Crippen LogP contribution < -0.4 is 0 Å². The standard InChI is InChI=1S/C16H27ClN4/c1-4-15-14(16(17)19(3)18-15)11-20-9-13(10-20)21-8-6-5-7-12(21)2/h12-13H,4-11H2,1-3H3. The molecule has 3 rings (SSSR count). The van der Waals surface area contributed by atoms with Crippen LogP contribution in [0.3, 0.4) is 0 Å². The molecule has 0 aliphatic carbocycles. The molecule has 2 fully saturated rings. The Hall–Kier alpha value is -0.580. The van der Waals surface area contributed by atoms with Crippen LogP contribution in [0.2, 0.25) is 5.15 Å². The minimum absolute atomic E-state index is 0.751. The normalized spacial score (nSPS) is 25.2. The van der Waals surface area contributed by atoms with Gasteiger partial charge in [0, 0.05) is 44.3 Å². The summed E-state index contributed by atoms with van der Waals surface area (Å²) in [5.41, 5.74) is 2.38. The number of hydrogen-bond donors (Lipinski definition) is 0. The van der Waals surface area contributed by atoms with E-state index in [1.54, 1.807) is 4.68 Å². The largest absolute Gasteiger partial charge is 0.296 e. The van der Waals surface area contributed by atoms with Gasteiger partial charge in [-0.15, -0.1) is 0 Å². The Labute approximate surface area is 133 Å². The highest BCUT2D eigenvalue weighted by Crippen LogP contribution is 2.28. The molecule has 2 saturated heterocycles. The predicted molar refractivity (Wildman–Crippen MR) is 86.7 cm³/mol. The van der Waals surface area contributed by atoms with Crippen LogP contribution in [-0.2, 0) is 20.0 Å². The van der Waals surface area contributed by atoms with E-state index in [1.807, 2.05) is 7.05 Å². The molecule has 1 aromatic rings. The zero-order valence-electron chi connectivity index (χ0n) is 13.5. The first-order valence-electron chi connectivity index (χ1n) is 8.28. The van der Waals surface area contributed by atoms with Gasteiger partial charge in [0.15, 0.2) is 0 Å². The summed E-state index contributed by atoms with van der Waals surface area (Å²) in [4.78, 5) is 5.22. The minimum atomic E-state index is 0.751. The summed E-state index contributed by atoms with van der Waals surface area (Å²) in [7, 11) is 1.93. The molecule has 1 aromatic heterocycles. The summed E-state index contributed by atoms with van der Waals surface area (Å²) in [5, 5.41) is 5.32. The van der Waals surface area contributed by atoms with Crippen LogP contribution in [0.1, 0.15) is 44.4 Å². The van der Waals surface area contributed by atoms with Gasteiger partial charge in [-0.25, -0.2) is 0 Å². The van der Waals surface area contributed by atoms with Gasteiger partial charge in [0.2, 0.25) is 0 Å². The van der Waals surface area contributed by atoms with Gasteiger partial charge in [0.05, 0.1) is 5.69 Å². The predicted octanol–water partition coefficient (Wildman–Crippen LogP) is 2.69. The molecule has 0 saturated carbocycles. The van der Waals surface area contributed by atoms with Crippen molar-refractivity contribution in [2.24, 2.45) is 7.05 Å². The maximum absolute atomic E-state index is 6.39. The molecular weight excluding hydrogens is 284 g/mol. The summed E-state index contributed by atoms with van der Waals surface area (Å²) in [6.07, 6.45) is 5.09. The maximum atomic E-state index is 6.39. The lowest BCUT2D eigenvalue weighted by molar-refractivity contribution is -0.00630. The number of halogens is 1. The number of rotatable bonds is 4. The zero-order valence-corrected chi connectivity index (χ0v) is 14.2. The number of hydrogen-bond acceptors (Lipinski definition) is 3. The van der Waals surface area contributed by atoms with E-state index in [0.717, 1.165) is 35.9 Å². The van der Waals surface area contributed by atoms with Crippen molar-refractivity contribution in [1.29, 1.82) is 0 Å². The Morgan fingerprint density at radius 2 is 2.05 bits per heavy atom. The number of aryl methyl sites for hydroxylation is 2. The Morgan fingerprint density at radius 1 is 1.29 bits per heavy atom. The fraction of sp³-hybridized carbons (Fsp3) is 0.812. The van der Waals surface area contributed by atoms with Crippen molar-refractivity contribution in [1.82, 2.24) is 19.6 Å². The third-order valence-corrected chi connectivity index (χ3v) is 5.60. The van der Waals surface area contributed by atoms with E-state index >= 15 is 0 Å². The van der Waals surface area contributed by atoms with E-state index in [9.17, 15) is 0 Å². The molecule has 5 heteroatoms. The maximum Gasteiger partial charge on any atom is 0.131 e. The van der Waals surface area contributed by atoms with Crippen LogP contribution in [0, 0.1) is 0 Å². The molecule has 1 unspecified atom stereocenters. The van der Waals surface area contributed by atoms with Crippen LogP contribution in [0.5, 0.6) is 0 Å². The van der Waals surface area contributed by atoms with Gasteiger partial charge in [0.1, 0.15) is 5.15 Å². The quantitative estimate of drug-likeness (QED) is 0.854.